The summed E-state index contributed by atoms with van der Waals surface area (Å²) in [7, 11) is 1.17. The van der Waals surface area contributed by atoms with Crippen LogP contribution >= 0.6 is 11.6 Å². The molecule has 0 bridgehead atoms. The van der Waals surface area contributed by atoms with E-state index in [-0.39, 0.29) is 21.9 Å². The summed E-state index contributed by atoms with van der Waals surface area (Å²) in [6.45, 7) is 0. The van der Waals surface area contributed by atoms with E-state index in [1.165, 1.54) is 36.8 Å². The molecule has 0 spiro atoms. The monoisotopic (exact) mass is 419 g/mol. The molecule has 1 unspecified atom stereocenters. The van der Waals surface area contributed by atoms with Gasteiger partial charge in [0.1, 0.15) is 12.3 Å². The zero-order chi connectivity index (χ0) is 21.1. The number of hydrogen-bond donors (Lipinski definition) is 3. The first-order valence-corrected chi connectivity index (χ1v) is 8.25. The molecular formula is C18H16ClF4N2O3+. The van der Waals surface area contributed by atoms with Gasteiger partial charge in [-0.2, -0.15) is 13.2 Å². The summed E-state index contributed by atoms with van der Waals surface area (Å²) in [6.07, 6.45) is -3.72. The summed E-state index contributed by atoms with van der Waals surface area (Å²) >= 11 is 5.81. The number of alkyl halides is 3. The van der Waals surface area contributed by atoms with Gasteiger partial charge in [-0.25, -0.2) is 9.18 Å². The average Bonchev–Trinajstić information content (AvgIpc) is 2.62. The number of methoxy groups -OCH3 is 1. The van der Waals surface area contributed by atoms with Crippen LogP contribution in [-0.2, 0) is 4.74 Å². The first-order chi connectivity index (χ1) is 13.1. The highest BCUT2D eigenvalue weighted by Crippen LogP contribution is 2.35. The number of nitrogens with two attached hydrogens (primary N) is 1. The fourth-order valence-electron chi connectivity index (χ4n) is 2.63. The molecule has 2 rings (SSSR count). The van der Waals surface area contributed by atoms with Crippen LogP contribution in [-0.4, -0.2) is 36.7 Å². The minimum Gasteiger partial charge on any atom is -0.478 e. The lowest BCUT2D eigenvalue weighted by atomic mass is 9.98. The molecule has 0 heterocycles. The Morgan fingerprint density at radius 2 is 2.11 bits per heavy atom. The Morgan fingerprint density at radius 3 is 2.64 bits per heavy atom. The van der Waals surface area contributed by atoms with Gasteiger partial charge in [-0.05, 0) is 23.8 Å². The number of halogens is 5. The molecule has 10 heteroatoms. The number of nitrogens with one attached hydrogen (secondary N) is 1. The Morgan fingerprint density at radius 1 is 1.43 bits per heavy atom. The largest absolute Gasteiger partial charge is 0.478 e. The van der Waals surface area contributed by atoms with Crippen molar-refractivity contribution in [2.24, 2.45) is 0 Å². The summed E-state index contributed by atoms with van der Waals surface area (Å²) in [5, 5.41) is 17.9. The van der Waals surface area contributed by atoms with Crippen LogP contribution in [0.15, 0.2) is 47.6 Å². The average molecular weight is 420 g/mol. The maximum Gasteiger partial charge on any atom is 0.412 e. The molecule has 1 aliphatic rings. The lowest BCUT2D eigenvalue weighted by Crippen LogP contribution is -2.79. The van der Waals surface area contributed by atoms with E-state index >= 15 is 0 Å². The van der Waals surface area contributed by atoms with Crippen LogP contribution in [0.2, 0.25) is 5.02 Å². The second-order valence-corrected chi connectivity index (χ2v) is 6.24. The van der Waals surface area contributed by atoms with Crippen LogP contribution in [0.5, 0.6) is 0 Å². The van der Waals surface area contributed by atoms with Gasteiger partial charge in [0.25, 0.3) is 0 Å². The highest BCUT2D eigenvalue weighted by atomic mass is 35.5. The topological polar surface area (TPSA) is 87.0 Å². The van der Waals surface area contributed by atoms with Crippen molar-refractivity contribution in [3.63, 3.8) is 0 Å². The summed E-state index contributed by atoms with van der Waals surface area (Å²) in [5.74, 6) is -2.35. The number of ether oxygens (including phenoxy) is 1. The lowest BCUT2D eigenvalue weighted by molar-refractivity contribution is -0.544. The molecule has 0 saturated carbocycles. The number of aromatic carboxylic acids is 1. The highest BCUT2D eigenvalue weighted by Gasteiger charge is 2.40. The molecule has 0 fully saturated rings. The fraction of sp³-hybridized carbons (Fsp3) is 0.222. The van der Waals surface area contributed by atoms with E-state index in [0.29, 0.717) is 11.6 Å². The van der Waals surface area contributed by atoms with Crippen LogP contribution in [0.1, 0.15) is 22.3 Å². The van der Waals surface area contributed by atoms with Crippen LogP contribution in [0.25, 0.3) is 5.57 Å². The minimum atomic E-state index is -4.66. The van der Waals surface area contributed by atoms with Crippen molar-refractivity contribution >= 4 is 29.4 Å². The smallest absolute Gasteiger partial charge is 0.412 e. The van der Waals surface area contributed by atoms with Crippen molar-refractivity contribution in [2.45, 2.75) is 18.7 Å². The molecule has 4 N–H and O–H groups in total. The van der Waals surface area contributed by atoms with Crippen molar-refractivity contribution in [1.82, 2.24) is 0 Å². The molecule has 0 amide bonds. The van der Waals surface area contributed by atoms with Gasteiger partial charge in [0.2, 0.25) is 0 Å². The number of allylic oxidation sites excluding steroid dienone is 3. The lowest BCUT2D eigenvalue weighted by Gasteiger charge is -2.23. The van der Waals surface area contributed by atoms with E-state index in [0.717, 1.165) is 6.21 Å². The number of quaternary nitrogens is 1. The number of benzene rings is 1. The Labute approximate surface area is 162 Å². The summed E-state index contributed by atoms with van der Waals surface area (Å²) in [5.41, 5.74) is -0.788. The van der Waals surface area contributed by atoms with Gasteiger partial charge < -0.3 is 15.3 Å². The number of hydrogen-bond acceptors (Lipinski definition) is 3. The summed E-state index contributed by atoms with van der Waals surface area (Å²) in [4.78, 5) is 11.2. The number of carboxylic acid groups (broad SMARTS) is 1. The predicted molar refractivity (Wildman–Crippen MR) is 94.8 cm³/mol. The van der Waals surface area contributed by atoms with Crippen LogP contribution in [0, 0.1) is 5.41 Å². The second-order valence-electron chi connectivity index (χ2n) is 5.83. The van der Waals surface area contributed by atoms with Gasteiger partial charge in [-0.3, -0.25) is 5.32 Å². The Bertz CT molecular complexity index is 891. The Kier molecular flexibility index (Phi) is 6.76. The van der Waals surface area contributed by atoms with Gasteiger partial charge in [0.05, 0.1) is 16.2 Å². The molecule has 0 aromatic heterocycles. The van der Waals surface area contributed by atoms with Crippen molar-refractivity contribution in [3.8, 4) is 0 Å². The molecule has 0 radical (unpaired) electrons. The van der Waals surface area contributed by atoms with E-state index in [1.54, 1.807) is 0 Å². The maximum absolute atomic E-state index is 14.3. The fourth-order valence-corrected chi connectivity index (χ4v) is 2.83. The molecule has 1 atom stereocenters. The predicted octanol–water partition coefficient (Wildman–Crippen LogP) is 3.68. The highest BCUT2D eigenvalue weighted by molar-refractivity contribution is 6.33. The van der Waals surface area contributed by atoms with E-state index in [1.807, 2.05) is 0 Å². The van der Waals surface area contributed by atoms with E-state index in [4.69, 9.17) is 26.9 Å². The number of carbonyl (C=O) groups is 1. The molecule has 150 valence electrons. The van der Waals surface area contributed by atoms with Gasteiger partial charge >= 0.3 is 12.1 Å². The third kappa shape index (κ3) is 4.86. The number of carboxylic acids is 1. The Hall–Kier alpha value is -2.49. The van der Waals surface area contributed by atoms with Crippen LogP contribution in [0.4, 0.5) is 17.6 Å². The minimum absolute atomic E-state index is 0.00913. The van der Waals surface area contributed by atoms with E-state index < -0.39 is 36.1 Å². The first kappa shape index (κ1) is 21.8. The number of rotatable bonds is 6. The molecule has 1 aliphatic carbocycles. The molecule has 28 heavy (non-hydrogen) atoms. The van der Waals surface area contributed by atoms with Gasteiger partial charge in [-0.1, -0.05) is 17.7 Å². The SMILES string of the molecule is COC1CC(C(F)(F)F)=CC(F)=C1[NH2+]/C=C(\C=N)c1ccc(Cl)c(C(=O)O)c1. The van der Waals surface area contributed by atoms with Crippen molar-refractivity contribution in [2.75, 3.05) is 7.11 Å². The zero-order valence-corrected chi connectivity index (χ0v) is 15.2. The van der Waals surface area contributed by atoms with E-state index in [2.05, 4.69) is 0 Å². The van der Waals surface area contributed by atoms with Crippen molar-refractivity contribution in [1.29, 1.82) is 5.41 Å². The van der Waals surface area contributed by atoms with Gasteiger partial charge in [-0.15, -0.1) is 0 Å². The first-order valence-electron chi connectivity index (χ1n) is 7.87. The summed E-state index contributed by atoms with van der Waals surface area (Å²) < 4.78 is 57.8. The third-order valence-corrected chi connectivity index (χ3v) is 4.44. The zero-order valence-electron chi connectivity index (χ0n) is 14.5. The maximum atomic E-state index is 14.3. The third-order valence-electron chi connectivity index (χ3n) is 4.11. The standard InChI is InChI=1S/C18H15ClF4N2O3/c1-28-15-6-11(18(21,22)23)5-14(20)16(15)25-8-10(7-24)9-2-3-13(19)12(4-9)17(26)27/h2-5,7-8,15,24-25H,6H2,1H3,(H,26,27)/p+1/b10-8+,24-7?. The van der Waals surface area contributed by atoms with Gasteiger partial charge in [0.15, 0.2) is 11.5 Å². The van der Waals surface area contributed by atoms with E-state index in [9.17, 15) is 22.4 Å². The van der Waals surface area contributed by atoms with Crippen LogP contribution < -0.4 is 5.32 Å². The van der Waals surface area contributed by atoms with Crippen molar-refractivity contribution < 1.29 is 37.5 Å². The molecule has 0 aliphatic heterocycles. The summed E-state index contributed by atoms with van der Waals surface area (Å²) in [6, 6.07) is 4.06. The molecule has 0 saturated heterocycles. The second kappa shape index (κ2) is 8.68. The molecular weight excluding hydrogens is 404 g/mol. The molecule has 1 aromatic carbocycles. The molecule has 5 nitrogen and oxygen atoms in total. The van der Waals surface area contributed by atoms with Crippen molar-refractivity contribution in [3.05, 3.63) is 63.7 Å². The van der Waals surface area contributed by atoms with Crippen LogP contribution in [0.3, 0.4) is 0 Å². The normalized spacial score (nSPS) is 18.1. The quantitative estimate of drug-likeness (QED) is 0.485. The van der Waals surface area contributed by atoms with Gasteiger partial charge in [0, 0.05) is 25.3 Å². The Balaban J connectivity index is 2.38. The molecule has 1 aromatic rings.